The SMILES string of the molecule is CC1(C(=O)NC(Cc2ccccc2)C(=O)O)CCCOC1. The first-order chi connectivity index (χ1) is 10.0. The lowest BCUT2D eigenvalue weighted by atomic mass is 9.83. The van der Waals surface area contributed by atoms with E-state index in [-0.39, 0.29) is 12.3 Å². The van der Waals surface area contributed by atoms with E-state index in [4.69, 9.17) is 4.74 Å². The zero-order chi connectivity index (χ0) is 15.3. The third kappa shape index (κ3) is 4.04. The van der Waals surface area contributed by atoms with Crippen LogP contribution in [0.15, 0.2) is 30.3 Å². The van der Waals surface area contributed by atoms with Crippen LogP contribution in [-0.2, 0) is 20.7 Å². The molecule has 1 aliphatic heterocycles. The number of nitrogens with one attached hydrogen (secondary N) is 1. The summed E-state index contributed by atoms with van der Waals surface area (Å²) >= 11 is 0. The van der Waals surface area contributed by atoms with E-state index in [0.29, 0.717) is 13.2 Å². The number of carbonyl (C=O) groups excluding carboxylic acids is 1. The molecular weight excluding hydrogens is 270 g/mol. The van der Waals surface area contributed by atoms with E-state index in [1.165, 1.54) is 0 Å². The van der Waals surface area contributed by atoms with Gasteiger partial charge in [-0.15, -0.1) is 0 Å². The molecule has 0 radical (unpaired) electrons. The number of aliphatic carboxylic acids is 1. The average Bonchev–Trinajstić information content (AvgIpc) is 2.48. The predicted molar refractivity (Wildman–Crippen MR) is 77.9 cm³/mol. The summed E-state index contributed by atoms with van der Waals surface area (Å²) in [6, 6.07) is 8.37. The molecule has 2 atom stereocenters. The maximum Gasteiger partial charge on any atom is 0.326 e. The molecule has 0 bridgehead atoms. The first kappa shape index (κ1) is 15.5. The monoisotopic (exact) mass is 291 g/mol. The van der Waals surface area contributed by atoms with Crippen LogP contribution in [0.25, 0.3) is 0 Å². The molecule has 2 N–H and O–H groups in total. The Kier molecular flexibility index (Phi) is 4.96. The second kappa shape index (κ2) is 6.72. The second-order valence-corrected chi connectivity index (χ2v) is 5.77. The smallest absolute Gasteiger partial charge is 0.326 e. The van der Waals surface area contributed by atoms with Crippen LogP contribution in [0.3, 0.4) is 0 Å². The molecule has 1 heterocycles. The zero-order valence-electron chi connectivity index (χ0n) is 12.2. The van der Waals surface area contributed by atoms with Gasteiger partial charge < -0.3 is 15.2 Å². The van der Waals surface area contributed by atoms with Crippen LogP contribution in [0.5, 0.6) is 0 Å². The largest absolute Gasteiger partial charge is 0.480 e. The second-order valence-electron chi connectivity index (χ2n) is 5.77. The molecule has 0 saturated carbocycles. The molecule has 1 aromatic carbocycles. The molecule has 5 heteroatoms. The quantitative estimate of drug-likeness (QED) is 0.864. The molecule has 0 aliphatic carbocycles. The van der Waals surface area contributed by atoms with E-state index in [0.717, 1.165) is 18.4 Å². The van der Waals surface area contributed by atoms with Crippen LogP contribution in [0.1, 0.15) is 25.3 Å². The van der Waals surface area contributed by atoms with Crippen molar-refractivity contribution >= 4 is 11.9 Å². The first-order valence-electron chi connectivity index (χ1n) is 7.17. The van der Waals surface area contributed by atoms with Gasteiger partial charge in [0.1, 0.15) is 6.04 Å². The minimum atomic E-state index is -1.02. The molecule has 114 valence electrons. The Morgan fingerprint density at radius 2 is 2.10 bits per heavy atom. The highest BCUT2D eigenvalue weighted by Crippen LogP contribution is 2.28. The number of carboxylic acids is 1. The molecule has 2 unspecified atom stereocenters. The van der Waals surface area contributed by atoms with Gasteiger partial charge >= 0.3 is 5.97 Å². The van der Waals surface area contributed by atoms with Crippen LogP contribution in [-0.4, -0.2) is 36.2 Å². The molecular formula is C16H21NO4. The summed E-state index contributed by atoms with van der Waals surface area (Å²) < 4.78 is 5.36. The highest BCUT2D eigenvalue weighted by atomic mass is 16.5. The number of benzene rings is 1. The van der Waals surface area contributed by atoms with Crippen molar-refractivity contribution in [2.75, 3.05) is 13.2 Å². The Morgan fingerprint density at radius 3 is 2.67 bits per heavy atom. The summed E-state index contributed by atoms with van der Waals surface area (Å²) in [5, 5.41) is 12.0. The zero-order valence-corrected chi connectivity index (χ0v) is 12.2. The van der Waals surface area contributed by atoms with Crippen LogP contribution in [0.4, 0.5) is 0 Å². The lowest BCUT2D eigenvalue weighted by Crippen LogP contribution is -2.51. The summed E-state index contributed by atoms with van der Waals surface area (Å²) in [6.07, 6.45) is 1.82. The van der Waals surface area contributed by atoms with Gasteiger partial charge in [-0.25, -0.2) is 4.79 Å². The van der Waals surface area contributed by atoms with Crippen LogP contribution >= 0.6 is 0 Å². The molecule has 1 amide bonds. The minimum Gasteiger partial charge on any atom is -0.480 e. The highest BCUT2D eigenvalue weighted by molar-refractivity contribution is 5.87. The van der Waals surface area contributed by atoms with Gasteiger partial charge in [0.05, 0.1) is 12.0 Å². The molecule has 2 rings (SSSR count). The number of hydrogen-bond donors (Lipinski definition) is 2. The molecule has 1 aliphatic rings. The predicted octanol–water partition coefficient (Wildman–Crippen LogP) is 1.62. The normalized spacial score (nSPS) is 23.3. The number of carboxylic acid groups (broad SMARTS) is 1. The standard InChI is InChI=1S/C16H21NO4/c1-16(8-5-9-21-11-16)15(20)17-13(14(18)19)10-12-6-3-2-4-7-12/h2-4,6-7,13H,5,8-11H2,1H3,(H,17,20)(H,18,19). The molecule has 1 saturated heterocycles. The van der Waals surface area contributed by atoms with Crippen molar-refractivity contribution < 1.29 is 19.4 Å². The Morgan fingerprint density at radius 1 is 1.38 bits per heavy atom. The van der Waals surface area contributed by atoms with Crippen molar-refractivity contribution in [3.05, 3.63) is 35.9 Å². The van der Waals surface area contributed by atoms with Gasteiger partial charge in [-0.05, 0) is 25.3 Å². The van der Waals surface area contributed by atoms with Crippen LogP contribution in [0.2, 0.25) is 0 Å². The molecule has 21 heavy (non-hydrogen) atoms. The maximum atomic E-state index is 12.4. The van der Waals surface area contributed by atoms with Gasteiger partial charge in [0.25, 0.3) is 0 Å². The van der Waals surface area contributed by atoms with E-state index < -0.39 is 17.4 Å². The minimum absolute atomic E-state index is 0.245. The Balaban J connectivity index is 2.02. The molecule has 0 aromatic heterocycles. The number of amides is 1. The maximum absolute atomic E-state index is 12.4. The van der Waals surface area contributed by atoms with Crippen molar-refractivity contribution in [2.45, 2.75) is 32.2 Å². The lowest BCUT2D eigenvalue weighted by Gasteiger charge is -2.33. The number of carbonyl (C=O) groups is 2. The Bertz CT molecular complexity index is 494. The fourth-order valence-electron chi connectivity index (χ4n) is 2.50. The van der Waals surface area contributed by atoms with E-state index in [1.807, 2.05) is 37.3 Å². The summed E-state index contributed by atoms with van der Waals surface area (Å²) in [6.45, 7) is 2.83. The first-order valence-corrected chi connectivity index (χ1v) is 7.17. The number of ether oxygens (including phenoxy) is 1. The number of rotatable bonds is 5. The van der Waals surface area contributed by atoms with Crippen molar-refractivity contribution in [3.8, 4) is 0 Å². The fraction of sp³-hybridized carbons (Fsp3) is 0.500. The van der Waals surface area contributed by atoms with Gasteiger partial charge in [0.15, 0.2) is 0 Å². The van der Waals surface area contributed by atoms with Gasteiger partial charge in [-0.3, -0.25) is 4.79 Å². The topological polar surface area (TPSA) is 75.6 Å². The van der Waals surface area contributed by atoms with Gasteiger partial charge in [0, 0.05) is 13.0 Å². The van der Waals surface area contributed by atoms with E-state index >= 15 is 0 Å². The van der Waals surface area contributed by atoms with Crippen molar-refractivity contribution in [3.63, 3.8) is 0 Å². The number of hydrogen-bond acceptors (Lipinski definition) is 3. The van der Waals surface area contributed by atoms with E-state index in [9.17, 15) is 14.7 Å². The Hall–Kier alpha value is -1.88. The summed E-state index contributed by atoms with van der Waals surface area (Å²) in [5.41, 5.74) is 0.248. The summed E-state index contributed by atoms with van der Waals surface area (Å²) in [7, 11) is 0. The summed E-state index contributed by atoms with van der Waals surface area (Å²) in [5.74, 6) is -1.27. The van der Waals surface area contributed by atoms with Crippen LogP contribution in [0, 0.1) is 5.41 Å². The van der Waals surface area contributed by atoms with Crippen molar-refractivity contribution in [1.82, 2.24) is 5.32 Å². The average molecular weight is 291 g/mol. The molecule has 0 spiro atoms. The Labute approximate surface area is 124 Å². The molecule has 1 fully saturated rings. The molecule has 1 aromatic rings. The van der Waals surface area contributed by atoms with Gasteiger partial charge in [-0.1, -0.05) is 30.3 Å². The summed E-state index contributed by atoms with van der Waals surface area (Å²) in [4.78, 5) is 23.8. The highest BCUT2D eigenvalue weighted by Gasteiger charge is 2.37. The van der Waals surface area contributed by atoms with E-state index in [2.05, 4.69) is 5.32 Å². The fourth-order valence-corrected chi connectivity index (χ4v) is 2.50. The third-order valence-electron chi connectivity index (χ3n) is 3.87. The van der Waals surface area contributed by atoms with Crippen molar-refractivity contribution in [2.24, 2.45) is 5.41 Å². The van der Waals surface area contributed by atoms with Gasteiger partial charge in [0.2, 0.25) is 5.91 Å². The van der Waals surface area contributed by atoms with Crippen LogP contribution < -0.4 is 5.32 Å². The lowest BCUT2D eigenvalue weighted by molar-refractivity contribution is -0.146. The van der Waals surface area contributed by atoms with Crippen molar-refractivity contribution in [1.29, 1.82) is 0 Å². The third-order valence-corrected chi connectivity index (χ3v) is 3.87. The molecule has 5 nitrogen and oxygen atoms in total. The van der Waals surface area contributed by atoms with E-state index in [1.54, 1.807) is 0 Å². The van der Waals surface area contributed by atoms with Gasteiger partial charge in [-0.2, -0.15) is 0 Å².